The van der Waals surface area contributed by atoms with Crippen LogP contribution in [0, 0.1) is 0 Å². The molecule has 0 saturated carbocycles. The summed E-state index contributed by atoms with van der Waals surface area (Å²) in [4.78, 5) is 14.6. The summed E-state index contributed by atoms with van der Waals surface area (Å²) in [6.07, 6.45) is 4.27. The largest absolute Gasteiger partial charge is 0.393 e. The van der Waals surface area contributed by atoms with Crippen molar-refractivity contribution < 1.29 is 0 Å². The monoisotopic (exact) mass is 180 g/mol. The minimum Gasteiger partial charge on any atom is -0.393 e. The first-order valence-corrected chi connectivity index (χ1v) is 4.31. The zero-order valence-corrected chi connectivity index (χ0v) is 7.23. The summed E-state index contributed by atoms with van der Waals surface area (Å²) in [6, 6.07) is 0.385. The van der Waals surface area contributed by atoms with Crippen molar-refractivity contribution in [3.8, 4) is 0 Å². The van der Waals surface area contributed by atoms with E-state index >= 15 is 0 Å². The fourth-order valence-electron chi connectivity index (χ4n) is 1.54. The summed E-state index contributed by atoms with van der Waals surface area (Å²) in [6.45, 7) is 1.93. The molecule has 2 rings (SSSR count). The average Bonchev–Trinajstić information content (AvgIpc) is 2.62. The number of hydrogen-bond acceptors (Lipinski definition) is 4. The van der Waals surface area contributed by atoms with Gasteiger partial charge in [0, 0.05) is 18.8 Å². The molecule has 0 aliphatic carbocycles. The van der Waals surface area contributed by atoms with Crippen molar-refractivity contribution in [1.29, 1.82) is 0 Å². The third kappa shape index (κ3) is 1.55. The highest BCUT2D eigenvalue weighted by molar-refractivity contribution is 5.30. The van der Waals surface area contributed by atoms with E-state index in [1.54, 1.807) is 12.5 Å². The van der Waals surface area contributed by atoms with E-state index in [1.165, 1.54) is 0 Å². The molecule has 1 atom stereocenters. The molecule has 2 heterocycles. The Balaban J connectivity index is 2.30. The Kier molecular flexibility index (Phi) is 2.02. The highest BCUT2D eigenvalue weighted by Crippen LogP contribution is 2.13. The van der Waals surface area contributed by atoms with E-state index in [0.29, 0.717) is 6.04 Å². The molecular weight excluding hydrogens is 168 g/mol. The van der Waals surface area contributed by atoms with Crippen molar-refractivity contribution in [2.45, 2.75) is 12.5 Å². The first kappa shape index (κ1) is 8.25. The maximum atomic E-state index is 10.9. The third-order valence-electron chi connectivity index (χ3n) is 2.30. The lowest BCUT2D eigenvalue weighted by molar-refractivity contribution is 0.535. The minimum atomic E-state index is -0.345. The lowest BCUT2D eigenvalue weighted by atomic mass is 10.2. The number of aromatic nitrogens is 2. The van der Waals surface area contributed by atoms with Gasteiger partial charge in [0.2, 0.25) is 0 Å². The number of nitrogens with two attached hydrogens (primary N) is 1. The fourth-order valence-corrected chi connectivity index (χ4v) is 1.54. The molecule has 1 aromatic rings. The molecule has 0 bridgehead atoms. The van der Waals surface area contributed by atoms with E-state index in [0.717, 1.165) is 19.5 Å². The Morgan fingerprint density at radius 2 is 2.54 bits per heavy atom. The van der Waals surface area contributed by atoms with Crippen molar-refractivity contribution in [2.24, 2.45) is 0 Å². The standard InChI is InChI=1S/C8H12N4O/c9-7-4-12(5-11-8(7)13)6-1-2-10-3-6/h4-6,10H,1-3,9H2. The van der Waals surface area contributed by atoms with Crippen LogP contribution in [0.4, 0.5) is 5.69 Å². The lowest BCUT2D eigenvalue weighted by Crippen LogP contribution is -2.19. The summed E-state index contributed by atoms with van der Waals surface area (Å²) < 4.78 is 1.90. The van der Waals surface area contributed by atoms with Gasteiger partial charge in [-0.15, -0.1) is 0 Å². The van der Waals surface area contributed by atoms with Crippen molar-refractivity contribution in [3.63, 3.8) is 0 Å². The van der Waals surface area contributed by atoms with Crippen LogP contribution in [0.15, 0.2) is 17.3 Å². The van der Waals surface area contributed by atoms with Gasteiger partial charge >= 0.3 is 0 Å². The number of rotatable bonds is 1. The van der Waals surface area contributed by atoms with Crippen LogP contribution in [0.25, 0.3) is 0 Å². The lowest BCUT2D eigenvalue weighted by Gasteiger charge is -2.12. The van der Waals surface area contributed by atoms with Gasteiger partial charge in [-0.3, -0.25) is 4.79 Å². The van der Waals surface area contributed by atoms with Gasteiger partial charge in [0.1, 0.15) is 5.69 Å². The van der Waals surface area contributed by atoms with E-state index < -0.39 is 0 Å². The zero-order chi connectivity index (χ0) is 9.26. The maximum Gasteiger partial charge on any atom is 0.295 e. The van der Waals surface area contributed by atoms with Crippen LogP contribution in [0.2, 0.25) is 0 Å². The predicted molar refractivity (Wildman–Crippen MR) is 49.4 cm³/mol. The molecule has 1 aromatic heterocycles. The van der Waals surface area contributed by atoms with Crippen LogP contribution >= 0.6 is 0 Å². The molecule has 0 radical (unpaired) electrons. The topological polar surface area (TPSA) is 72.9 Å². The Hall–Kier alpha value is -1.36. The van der Waals surface area contributed by atoms with Gasteiger partial charge in [0.15, 0.2) is 0 Å². The van der Waals surface area contributed by atoms with E-state index in [9.17, 15) is 4.79 Å². The molecular formula is C8H12N4O. The maximum absolute atomic E-state index is 10.9. The first-order valence-electron chi connectivity index (χ1n) is 4.31. The Morgan fingerprint density at radius 1 is 1.69 bits per heavy atom. The van der Waals surface area contributed by atoms with Crippen LogP contribution in [0.3, 0.4) is 0 Å². The normalized spacial score (nSPS) is 22.0. The van der Waals surface area contributed by atoms with Gasteiger partial charge in [-0.2, -0.15) is 4.98 Å². The first-order chi connectivity index (χ1) is 6.27. The van der Waals surface area contributed by atoms with Gasteiger partial charge in [-0.25, -0.2) is 0 Å². The second-order valence-electron chi connectivity index (χ2n) is 3.23. The Morgan fingerprint density at radius 3 is 3.15 bits per heavy atom. The number of anilines is 1. The van der Waals surface area contributed by atoms with Crippen molar-refractivity contribution in [2.75, 3.05) is 18.8 Å². The summed E-state index contributed by atoms with van der Waals surface area (Å²) in [5.41, 5.74) is 5.34. The number of nitrogen functional groups attached to an aromatic ring is 1. The predicted octanol–water partition coefficient (Wildman–Crippen LogP) is -0.640. The van der Waals surface area contributed by atoms with Gasteiger partial charge in [0.05, 0.1) is 6.33 Å². The molecule has 70 valence electrons. The van der Waals surface area contributed by atoms with Crippen LogP contribution < -0.4 is 16.6 Å². The molecule has 1 aliphatic heterocycles. The molecule has 5 nitrogen and oxygen atoms in total. The van der Waals surface area contributed by atoms with Crippen LogP contribution in [-0.2, 0) is 0 Å². The van der Waals surface area contributed by atoms with E-state index in [4.69, 9.17) is 5.73 Å². The minimum absolute atomic E-state index is 0.217. The molecule has 13 heavy (non-hydrogen) atoms. The summed E-state index contributed by atoms with van der Waals surface area (Å²) in [7, 11) is 0. The van der Waals surface area contributed by atoms with Gasteiger partial charge < -0.3 is 15.6 Å². The molecule has 0 aromatic carbocycles. The van der Waals surface area contributed by atoms with Crippen molar-refractivity contribution in [1.82, 2.24) is 14.9 Å². The average molecular weight is 180 g/mol. The smallest absolute Gasteiger partial charge is 0.295 e. The van der Waals surface area contributed by atoms with Gasteiger partial charge in [0.25, 0.3) is 5.56 Å². The van der Waals surface area contributed by atoms with Gasteiger partial charge in [-0.1, -0.05) is 0 Å². The molecule has 1 unspecified atom stereocenters. The quantitative estimate of drug-likeness (QED) is 0.603. The van der Waals surface area contributed by atoms with Crippen LogP contribution in [0.5, 0.6) is 0 Å². The summed E-state index contributed by atoms with van der Waals surface area (Å²) >= 11 is 0. The van der Waals surface area contributed by atoms with E-state index in [1.807, 2.05) is 4.57 Å². The second kappa shape index (κ2) is 3.18. The SMILES string of the molecule is Nc1cn(C2CCNC2)cnc1=O. The molecule has 0 amide bonds. The summed E-state index contributed by atoms with van der Waals surface area (Å²) in [5, 5.41) is 3.24. The number of nitrogens with one attached hydrogen (secondary N) is 1. The van der Waals surface area contributed by atoms with E-state index in [-0.39, 0.29) is 11.2 Å². The fraction of sp³-hybridized carbons (Fsp3) is 0.500. The Bertz CT molecular complexity index is 353. The molecule has 5 heteroatoms. The van der Waals surface area contributed by atoms with Crippen LogP contribution in [0.1, 0.15) is 12.5 Å². The molecule has 1 fully saturated rings. The third-order valence-corrected chi connectivity index (χ3v) is 2.30. The highest BCUT2D eigenvalue weighted by Gasteiger charge is 2.15. The Labute approximate surface area is 75.6 Å². The molecule has 1 aliphatic rings. The molecule has 1 saturated heterocycles. The number of hydrogen-bond donors (Lipinski definition) is 2. The number of nitrogens with zero attached hydrogens (tertiary/aromatic N) is 2. The zero-order valence-electron chi connectivity index (χ0n) is 7.23. The van der Waals surface area contributed by atoms with Crippen molar-refractivity contribution in [3.05, 3.63) is 22.9 Å². The van der Waals surface area contributed by atoms with E-state index in [2.05, 4.69) is 10.3 Å². The summed E-state index contributed by atoms with van der Waals surface area (Å²) in [5.74, 6) is 0. The highest BCUT2D eigenvalue weighted by atomic mass is 16.1. The molecule has 3 N–H and O–H groups in total. The van der Waals surface area contributed by atoms with Gasteiger partial charge in [-0.05, 0) is 13.0 Å². The second-order valence-corrected chi connectivity index (χ2v) is 3.23. The molecule has 0 spiro atoms. The van der Waals surface area contributed by atoms with Crippen molar-refractivity contribution >= 4 is 5.69 Å². The van der Waals surface area contributed by atoms with Crippen LogP contribution in [-0.4, -0.2) is 22.6 Å².